The summed E-state index contributed by atoms with van der Waals surface area (Å²) < 4.78 is 1.79. The molecule has 0 amide bonds. The summed E-state index contributed by atoms with van der Waals surface area (Å²) in [6.07, 6.45) is 0. The average molecular weight is 247 g/mol. The minimum atomic E-state index is 0.935. The number of nitrogens with zero attached hydrogens (tertiary/aromatic N) is 4. The first kappa shape index (κ1) is 12.8. The van der Waals surface area contributed by atoms with Gasteiger partial charge in [-0.05, 0) is 31.3 Å². The number of benzene rings is 1. The van der Waals surface area contributed by atoms with Gasteiger partial charge in [-0.2, -0.15) is 0 Å². The molecule has 1 heterocycles. The van der Waals surface area contributed by atoms with Crippen molar-refractivity contribution in [1.82, 2.24) is 19.9 Å². The molecule has 98 valence electrons. The number of nitrogens with one attached hydrogen (secondary N) is 1. The van der Waals surface area contributed by atoms with Gasteiger partial charge in [-0.1, -0.05) is 19.1 Å². The first-order valence-electron chi connectivity index (χ1n) is 6.50. The first-order valence-corrected chi connectivity index (χ1v) is 6.50. The summed E-state index contributed by atoms with van der Waals surface area (Å²) in [4.78, 5) is 2.40. The molecule has 0 aliphatic rings. The number of hydrogen-bond donors (Lipinski definition) is 1. The molecular weight excluding hydrogens is 226 g/mol. The van der Waals surface area contributed by atoms with Crippen molar-refractivity contribution in [2.24, 2.45) is 7.05 Å². The van der Waals surface area contributed by atoms with Gasteiger partial charge in [0.2, 0.25) is 0 Å². The molecule has 1 N–H and O–H groups in total. The number of anilines is 1. The maximum absolute atomic E-state index is 4.12. The number of aromatic nitrogens is 3. The highest BCUT2D eigenvalue weighted by Crippen LogP contribution is 2.15. The van der Waals surface area contributed by atoms with Gasteiger partial charge in [-0.3, -0.25) is 0 Å². The molecule has 0 spiro atoms. The lowest BCUT2D eigenvalue weighted by Crippen LogP contribution is -2.28. The quantitative estimate of drug-likeness (QED) is 0.844. The van der Waals surface area contributed by atoms with E-state index < -0.39 is 0 Å². The first-order chi connectivity index (χ1) is 8.74. The molecule has 0 aliphatic carbocycles. The highest BCUT2D eigenvalue weighted by Gasteiger charge is 2.02. The molecule has 0 unspecified atom stereocenters. The smallest absolute Gasteiger partial charge is 0.115 e. The Morgan fingerprint density at radius 2 is 2.06 bits per heavy atom. The van der Waals surface area contributed by atoms with Crippen LogP contribution in [0.15, 0.2) is 18.2 Å². The molecule has 0 saturated carbocycles. The van der Waals surface area contributed by atoms with E-state index in [1.54, 1.807) is 4.68 Å². The van der Waals surface area contributed by atoms with Gasteiger partial charge in [0.1, 0.15) is 5.52 Å². The van der Waals surface area contributed by atoms with Crippen molar-refractivity contribution >= 4 is 16.7 Å². The summed E-state index contributed by atoms with van der Waals surface area (Å²) in [5.41, 5.74) is 3.10. The van der Waals surface area contributed by atoms with Crippen LogP contribution in [-0.2, 0) is 7.05 Å². The normalized spacial score (nSPS) is 11.3. The van der Waals surface area contributed by atoms with Crippen molar-refractivity contribution in [2.75, 3.05) is 31.5 Å². The van der Waals surface area contributed by atoms with Crippen molar-refractivity contribution in [3.8, 4) is 0 Å². The Morgan fingerprint density at radius 3 is 2.78 bits per heavy atom. The Hall–Kier alpha value is -1.62. The summed E-state index contributed by atoms with van der Waals surface area (Å²) in [5.74, 6) is 0. The van der Waals surface area contributed by atoms with E-state index in [1.807, 2.05) is 13.1 Å². The molecule has 1 aromatic heterocycles. The fourth-order valence-electron chi connectivity index (χ4n) is 2.05. The lowest BCUT2D eigenvalue weighted by molar-refractivity contribution is 0.316. The van der Waals surface area contributed by atoms with Gasteiger partial charge in [-0.25, -0.2) is 4.68 Å². The van der Waals surface area contributed by atoms with Gasteiger partial charge in [0.05, 0.1) is 5.52 Å². The molecule has 18 heavy (non-hydrogen) atoms. The van der Waals surface area contributed by atoms with Gasteiger partial charge in [-0.15, -0.1) is 5.10 Å². The predicted octanol–water partition coefficient (Wildman–Crippen LogP) is 1.72. The zero-order valence-electron chi connectivity index (χ0n) is 11.3. The maximum atomic E-state index is 4.12. The average Bonchev–Trinajstić information content (AvgIpc) is 2.76. The van der Waals surface area contributed by atoms with Crippen LogP contribution in [-0.4, -0.2) is 46.1 Å². The van der Waals surface area contributed by atoms with Crippen LogP contribution in [0.25, 0.3) is 11.0 Å². The van der Waals surface area contributed by atoms with E-state index in [4.69, 9.17) is 0 Å². The van der Waals surface area contributed by atoms with E-state index >= 15 is 0 Å². The van der Waals surface area contributed by atoms with Crippen LogP contribution in [0, 0.1) is 0 Å². The summed E-state index contributed by atoms with van der Waals surface area (Å²) in [6, 6.07) is 6.17. The zero-order valence-corrected chi connectivity index (χ0v) is 11.3. The molecule has 0 bridgehead atoms. The van der Waals surface area contributed by atoms with Crippen molar-refractivity contribution in [1.29, 1.82) is 0 Å². The van der Waals surface area contributed by atoms with Crippen LogP contribution in [0.2, 0.25) is 0 Å². The largest absolute Gasteiger partial charge is 0.384 e. The van der Waals surface area contributed by atoms with E-state index in [1.165, 1.54) is 0 Å². The molecule has 0 fully saturated rings. The highest BCUT2D eigenvalue weighted by molar-refractivity contribution is 5.78. The van der Waals surface area contributed by atoms with E-state index in [2.05, 4.69) is 46.5 Å². The molecule has 0 radical (unpaired) electrons. The van der Waals surface area contributed by atoms with Gasteiger partial charge in [0, 0.05) is 25.8 Å². The van der Waals surface area contributed by atoms with Gasteiger partial charge < -0.3 is 10.2 Å². The number of aryl methyl sites for hydroxylation is 1. The second kappa shape index (κ2) is 5.82. The van der Waals surface area contributed by atoms with Crippen LogP contribution in [0.3, 0.4) is 0 Å². The number of likely N-dealkylation sites (N-methyl/N-ethyl adjacent to an activating group) is 1. The minimum Gasteiger partial charge on any atom is -0.384 e. The van der Waals surface area contributed by atoms with E-state index in [0.29, 0.717) is 0 Å². The van der Waals surface area contributed by atoms with E-state index in [9.17, 15) is 0 Å². The Balaban J connectivity index is 1.95. The summed E-state index contributed by atoms with van der Waals surface area (Å²) in [5, 5.41) is 11.5. The minimum absolute atomic E-state index is 0.935. The fourth-order valence-corrected chi connectivity index (χ4v) is 2.05. The van der Waals surface area contributed by atoms with Gasteiger partial charge in [0.15, 0.2) is 0 Å². The Bertz CT molecular complexity index is 501. The molecule has 0 saturated heterocycles. The van der Waals surface area contributed by atoms with Crippen LogP contribution >= 0.6 is 0 Å². The number of hydrogen-bond acceptors (Lipinski definition) is 4. The van der Waals surface area contributed by atoms with E-state index in [-0.39, 0.29) is 0 Å². The fraction of sp³-hybridized carbons (Fsp3) is 0.538. The third-order valence-electron chi connectivity index (χ3n) is 3.26. The lowest BCUT2D eigenvalue weighted by Gasteiger charge is -2.18. The van der Waals surface area contributed by atoms with Crippen LogP contribution < -0.4 is 5.32 Å². The maximum Gasteiger partial charge on any atom is 0.115 e. The SMILES string of the molecule is CCN(CC)CCNc1ccc2c(c1)nnn2C. The van der Waals surface area contributed by atoms with Gasteiger partial charge in [0.25, 0.3) is 0 Å². The molecule has 5 nitrogen and oxygen atoms in total. The molecule has 2 aromatic rings. The Kier molecular flexibility index (Phi) is 4.15. The summed E-state index contributed by atoms with van der Waals surface area (Å²) in [6.45, 7) is 8.59. The van der Waals surface area contributed by atoms with Crippen LogP contribution in [0.4, 0.5) is 5.69 Å². The van der Waals surface area contributed by atoms with Gasteiger partial charge >= 0.3 is 0 Å². The van der Waals surface area contributed by atoms with Crippen molar-refractivity contribution in [3.05, 3.63) is 18.2 Å². The number of rotatable bonds is 6. The molecule has 5 heteroatoms. The summed E-state index contributed by atoms with van der Waals surface area (Å²) >= 11 is 0. The van der Waals surface area contributed by atoms with Crippen LogP contribution in [0.1, 0.15) is 13.8 Å². The van der Waals surface area contributed by atoms with Crippen molar-refractivity contribution in [3.63, 3.8) is 0 Å². The Labute approximate surface area is 108 Å². The standard InChI is InChI=1S/C13H21N5/c1-4-18(5-2)9-8-14-11-6-7-13-12(10-11)15-16-17(13)3/h6-7,10,14H,4-5,8-9H2,1-3H3. The van der Waals surface area contributed by atoms with Crippen LogP contribution in [0.5, 0.6) is 0 Å². The summed E-state index contributed by atoms with van der Waals surface area (Å²) in [7, 11) is 1.91. The molecule has 2 rings (SSSR count). The zero-order chi connectivity index (χ0) is 13.0. The third-order valence-corrected chi connectivity index (χ3v) is 3.26. The Morgan fingerprint density at radius 1 is 1.28 bits per heavy atom. The molecular formula is C13H21N5. The third kappa shape index (κ3) is 2.79. The second-order valence-electron chi connectivity index (χ2n) is 4.37. The lowest BCUT2D eigenvalue weighted by atomic mass is 10.2. The van der Waals surface area contributed by atoms with Crippen molar-refractivity contribution in [2.45, 2.75) is 13.8 Å². The van der Waals surface area contributed by atoms with E-state index in [0.717, 1.165) is 42.9 Å². The highest BCUT2D eigenvalue weighted by atomic mass is 15.4. The molecule has 0 aliphatic heterocycles. The molecule has 1 aromatic carbocycles. The topological polar surface area (TPSA) is 46.0 Å². The predicted molar refractivity (Wildman–Crippen MR) is 74.8 cm³/mol. The van der Waals surface area contributed by atoms with Crippen molar-refractivity contribution < 1.29 is 0 Å². The second-order valence-corrected chi connectivity index (χ2v) is 4.37. The monoisotopic (exact) mass is 247 g/mol. The molecule has 0 atom stereocenters. The number of fused-ring (bicyclic) bond motifs is 1.